The summed E-state index contributed by atoms with van der Waals surface area (Å²) in [5.41, 5.74) is 0.265. The summed E-state index contributed by atoms with van der Waals surface area (Å²) in [5, 5.41) is 0. The van der Waals surface area contributed by atoms with Crippen LogP contribution in [0.25, 0.3) is 0 Å². The second-order valence-corrected chi connectivity index (χ2v) is 5.94. The average molecular weight is 241 g/mol. The molecule has 2 rings (SSSR count). The first kappa shape index (κ1) is 12.3. The van der Waals surface area contributed by atoms with Gasteiger partial charge in [0.05, 0.1) is 0 Å². The summed E-state index contributed by atoms with van der Waals surface area (Å²) in [6.45, 7) is 4.38. The summed E-state index contributed by atoms with van der Waals surface area (Å²) in [6.07, 6.45) is 6.60. The number of carbonyl (C=O) groups excluding carboxylic acids is 1. The van der Waals surface area contributed by atoms with E-state index >= 15 is 0 Å². The van der Waals surface area contributed by atoms with Crippen molar-refractivity contribution in [3.63, 3.8) is 0 Å². The number of nitrogens with zero attached hydrogens (tertiary/aromatic N) is 1. The predicted octanol–water partition coefficient (Wildman–Crippen LogP) is 2.88. The summed E-state index contributed by atoms with van der Waals surface area (Å²) in [7, 11) is 0. The zero-order valence-electron chi connectivity index (χ0n) is 10.4. The number of rotatable bonds is 4. The lowest BCUT2D eigenvalue weighted by molar-refractivity contribution is -0.135. The summed E-state index contributed by atoms with van der Waals surface area (Å²) in [6, 6.07) is 0.950. The molecule has 0 aromatic heterocycles. The standard InChI is InChI=1S/C13H23NOS/c1-3-11-5-4-10(2)14(11)12(15)8-13(9-16)6-7-13/h10-11,16H,3-9H2,1-2H3. The molecule has 2 atom stereocenters. The van der Waals surface area contributed by atoms with Gasteiger partial charge in [-0.05, 0) is 50.2 Å². The van der Waals surface area contributed by atoms with Crippen LogP contribution in [0.4, 0.5) is 0 Å². The van der Waals surface area contributed by atoms with Crippen molar-refractivity contribution in [2.75, 3.05) is 5.75 Å². The Morgan fingerprint density at radius 3 is 2.62 bits per heavy atom. The van der Waals surface area contributed by atoms with Crippen LogP contribution in [0.3, 0.4) is 0 Å². The molecule has 0 aromatic carbocycles. The first-order chi connectivity index (χ1) is 7.62. The van der Waals surface area contributed by atoms with Crippen molar-refractivity contribution in [1.82, 2.24) is 4.90 Å². The molecule has 0 spiro atoms. The third kappa shape index (κ3) is 2.24. The molecule has 0 aromatic rings. The number of thiol groups is 1. The van der Waals surface area contributed by atoms with Crippen molar-refractivity contribution in [2.24, 2.45) is 5.41 Å². The molecule has 0 radical (unpaired) electrons. The second-order valence-electron chi connectivity index (χ2n) is 5.62. The van der Waals surface area contributed by atoms with Gasteiger partial charge in [-0.3, -0.25) is 4.79 Å². The van der Waals surface area contributed by atoms with Gasteiger partial charge < -0.3 is 4.90 Å². The van der Waals surface area contributed by atoms with E-state index in [1.807, 2.05) is 0 Å². The van der Waals surface area contributed by atoms with Gasteiger partial charge in [0.1, 0.15) is 0 Å². The second kappa shape index (κ2) is 4.59. The third-order valence-corrected chi connectivity index (χ3v) is 5.03. The highest BCUT2D eigenvalue weighted by Crippen LogP contribution is 2.50. The Labute approximate surface area is 104 Å². The molecule has 1 amide bonds. The van der Waals surface area contributed by atoms with E-state index in [-0.39, 0.29) is 5.41 Å². The Balaban J connectivity index is 1.97. The van der Waals surface area contributed by atoms with E-state index in [4.69, 9.17) is 0 Å². The summed E-state index contributed by atoms with van der Waals surface area (Å²) < 4.78 is 0. The Hall–Kier alpha value is -0.180. The van der Waals surface area contributed by atoms with Crippen LogP contribution in [-0.2, 0) is 4.79 Å². The Morgan fingerprint density at radius 2 is 2.12 bits per heavy atom. The molecule has 1 aliphatic carbocycles. The lowest BCUT2D eigenvalue weighted by Gasteiger charge is -2.29. The fourth-order valence-electron chi connectivity index (χ4n) is 2.90. The molecule has 2 fully saturated rings. The average Bonchev–Trinajstić information content (AvgIpc) is 2.94. The highest BCUT2D eigenvalue weighted by atomic mass is 32.1. The molecular formula is C13H23NOS. The van der Waals surface area contributed by atoms with Gasteiger partial charge in [0.2, 0.25) is 5.91 Å². The fraction of sp³-hybridized carbons (Fsp3) is 0.923. The van der Waals surface area contributed by atoms with E-state index in [2.05, 4.69) is 31.4 Å². The van der Waals surface area contributed by atoms with Gasteiger partial charge in [-0.25, -0.2) is 0 Å². The van der Waals surface area contributed by atoms with Gasteiger partial charge in [0, 0.05) is 18.5 Å². The van der Waals surface area contributed by atoms with E-state index in [1.54, 1.807) is 0 Å². The maximum Gasteiger partial charge on any atom is 0.223 e. The zero-order chi connectivity index (χ0) is 11.8. The van der Waals surface area contributed by atoms with E-state index in [1.165, 1.54) is 25.7 Å². The molecule has 1 aliphatic heterocycles. The molecule has 1 heterocycles. The van der Waals surface area contributed by atoms with Crippen molar-refractivity contribution in [2.45, 2.75) is 64.5 Å². The van der Waals surface area contributed by atoms with Crippen LogP contribution in [0.5, 0.6) is 0 Å². The number of likely N-dealkylation sites (tertiary alicyclic amines) is 1. The van der Waals surface area contributed by atoms with Crippen LogP contribution in [0.15, 0.2) is 0 Å². The Bertz CT molecular complexity index is 275. The van der Waals surface area contributed by atoms with Crippen molar-refractivity contribution in [1.29, 1.82) is 0 Å². The molecule has 1 saturated carbocycles. The van der Waals surface area contributed by atoms with Crippen molar-refractivity contribution >= 4 is 18.5 Å². The molecular weight excluding hydrogens is 218 g/mol. The number of hydrogen-bond acceptors (Lipinski definition) is 2. The van der Waals surface area contributed by atoms with Gasteiger partial charge in [-0.15, -0.1) is 0 Å². The van der Waals surface area contributed by atoms with Gasteiger partial charge in [-0.1, -0.05) is 6.92 Å². The molecule has 92 valence electrons. The van der Waals surface area contributed by atoms with E-state index < -0.39 is 0 Å². The van der Waals surface area contributed by atoms with Crippen molar-refractivity contribution < 1.29 is 4.79 Å². The molecule has 0 N–H and O–H groups in total. The van der Waals surface area contributed by atoms with Crippen LogP contribution < -0.4 is 0 Å². The van der Waals surface area contributed by atoms with Crippen LogP contribution >= 0.6 is 12.6 Å². The smallest absolute Gasteiger partial charge is 0.223 e. The van der Waals surface area contributed by atoms with Gasteiger partial charge >= 0.3 is 0 Å². The largest absolute Gasteiger partial charge is 0.337 e. The lowest BCUT2D eigenvalue weighted by atomic mass is 10.0. The monoisotopic (exact) mass is 241 g/mol. The van der Waals surface area contributed by atoms with Gasteiger partial charge in [0.15, 0.2) is 0 Å². The molecule has 1 saturated heterocycles. The SMILES string of the molecule is CCC1CCC(C)N1C(=O)CC1(CS)CC1. The fourth-order valence-corrected chi connectivity index (χ4v) is 3.33. The quantitative estimate of drug-likeness (QED) is 0.750. The van der Waals surface area contributed by atoms with E-state index in [9.17, 15) is 4.79 Å². The third-order valence-electron chi connectivity index (χ3n) is 4.36. The molecule has 2 unspecified atom stereocenters. The van der Waals surface area contributed by atoms with Crippen molar-refractivity contribution in [3.05, 3.63) is 0 Å². The molecule has 16 heavy (non-hydrogen) atoms. The highest BCUT2D eigenvalue weighted by Gasteiger charge is 2.45. The first-order valence-corrected chi connectivity index (χ1v) is 7.17. The zero-order valence-corrected chi connectivity index (χ0v) is 11.3. The Kier molecular flexibility index (Phi) is 3.53. The maximum atomic E-state index is 12.3. The maximum absolute atomic E-state index is 12.3. The lowest BCUT2D eigenvalue weighted by Crippen LogP contribution is -2.40. The highest BCUT2D eigenvalue weighted by molar-refractivity contribution is 7.80. The van der Waals surface area contributed by atoms with Crippen LogP contribution in [0.2, 0.25) is 0 Å². The normalized spacial score (nSPS) is 31.8. The summed E-state index contributed by atoms with van der Waals surface area (Å²) in [5.74, 6) is 1.25. The van der Waals surface area contributed by atoms with Crippen LogP contribution in [-0.4, -0.2) is 28.6 Å². The number of carbonyl (C=O) groups is 1. The first-order valence-electron chi connectivity index (χ1n) is 6.54. The van der Waals surface area contributed by atoms with Gasteiger partial charge in [0.25, 0.3) is 0 Å². The molecule has 2 nitrogen and oxygen atoms in total. The minimum Gasteiger partial charge on any atom is -0.337 e. The van der Waals surface area contributed by atoms with Crippen molar-refractivity contribution in [3.8, 4) is 0 Å². The molecule has 3 heteroatoms. The number of hydrogen-bond donors (Lipinski definition) is 1. The predicted molar refractivity (Wildman–Crippen MR) is 69.8 cm³/mol. The minimum atomic E-state index is 0.265. The van der Waals surface area contributed by atoms with Gasteiger partial charge in [-0.2, -0.15) is 12.6 Å². The Morgan fingerprint density at radius 1 is 1.44 bits per heavy atom. The summed E-state index contributed by atoms with van der Waals surface area (Å²) in [4.78, 5) is 14.5. The summed E-state index contributed by atoms with van der Waals surface area (Å²) >= 11 is 4.38. The minimum absolute atomic E-state index is 0.265. The van der Waals surface area contributed by atoms with Crippen LogP contribution in [0, 0.1) is 5.41 Å². The van der Waals surface area contributed by atoms with Crippen LogP contribution in [0.1, 0.15) is 52.4 Å². The molecule has 2 aliphatic rings. The van der Waals surface area contributed by atoms with E-state index in [0.717, 1.165) is 18.6 Å². The van der Waals surface area contributed by atoms with E-state index in [0.29, 0.717) is 18.0 Å². The molecule has 0 bridgehead atoms. The number of amides is 1. The topological polar surface area (TPSA) is 20.3 Å².